The normalized spacial score (nSPS) is 18.8. The fourth-order valence-electron chi connectivity index (χ4n) is 3.14. The maximum absolute atomic E-state index is 13.3. The van der Waals surface area contributed by atoms with Crippen molar-refractivity contribution in [3.05, 3.63) is 29.8 Å². The van der Waals surface area contributed by atoms with Crippen LogP contribution in [0.25, 0.3) is 0 Å². The SMILES string of the molecule is O=C(CN1CCN(c2ccc(F)c(F)c2)C1=O)NC1CCCC1. The van der Waals surface area contributed by atoms with Crippen LogP contribution >= 0.6 is 0 Å². The first-order valence-electron chi connectivity index (χ1n) is 7.85. The minimum absolute atomic E-state index is 0.00445. The van der Waals surface area contributed by atoms with Gasteiger partial charge in [-0.15, -0.1) is 0 Å². The van der Waals surface area contributed by atoms with E-state index in [-0.39, 0.29) is 24.5 Å². The summed E-state index contributed by atoms with van der Waals surface area (Å²) in [6, 6.07) is 3.20. The Morgan fingerprint density at radius 3 is 2.61 bits per heavy atom. The predicted molar refractivity (Wildman–Crippen MR) is 81.1 cm³/mol. The third kappa shape index (κ3) is 3.43. The second-order valence-corrected chi connectivity index (χ2v) is 6.00. The monoisotopic (exact) mass is 323 g/mol. The summed E-state index contributed by atoms with van der Waals surface area (Å²) in [6.07, 6.45) is 4.22. The molecular weight excluding hydrogens is 304 g/mol. The van der Waals surface area contributed by atoms with Crippen molar-refractivity contribution in [3.63, 3.8) is 0 Å². The third-order valence-electron chi connectivity index (χ3n) is 4.36. The summed E-state index contributed by atoms with van der Waals surface area (Å²) in [5, 5.41) is 2.94. The molecule has 1 aromatic carbocycles. The van der Waals surface area contributed by atoms with Crippen LogP contribution < -0.4 is 10.2 Å². The fraction of sp³-hybridized carbons (Fsp3) is 0.500. The Hall–Kier alpha value is -2.18. The molecule has 1 saturated heterocycles. The minimum Gasteiger partial charge on any atom is -0.352 e. The van der Waals surface area contributed by atoms with Crippen molar-refractivity contribution in [2.45, 2.75) is 31.7 Å². The van der Waals surface area contributed by atoms with Gasteiger partial charge in [0.2, 0.25) is 5.91 Å². The molecule has 0 bridgehead atoms. The van der Waals surface area contributed by atoms with Crippen molar-refractivity contribution in [3.8, 4) is 0 Å². The summed E-state index contributed by atoms with van der Waals surface area (Å²) in [4.78, 5) is 27.1. The van der Waals surface area contributed by atoms with Gasteiger partial charge in [0.1, 0.15) is 6.54 Å². The Morgan fingerprint density at radius 1 is 1.17 bits per heavy atom. The first-order chi connectivity index (χ1) is 11.0. The zero-order valence-electron chi connectivity index (χ0n) is 12.7. The van der Waals surface area contributed by atoms with Crippen molar-refractivity contribution < 1.29 is 18.4 Å². The number of halogens is 2. The van der Waals surface area contributed by atoms with Crippen molar-refractivity contribution in [1.29, 1.82) is 0 Å². The van der Waals surface area contributed by atoms with Gasteiger partial charge in [0, 0.05) is 30.9 Å². The van der Waals surface area contributed by atoms with E-state index in [1.807, 2.05) is 0 Å². The largest absolute Gasteiger partial charge is 0.352 e. The maximum Gasteiger partial charge on any atom is 0.325 e. The first kappa shape index (κ1) is 15.7. The van der Waals surface area contributed by atoms with E-state index in [1.54, 1.807) is 0 Å². The average Bonchev–Trinajstić information content (AvgIpc) is 3.13. The van der Waals surface area contributed by atoms with Crippen LogP contribution in [0.4, 0.5) is 19.3 Å². The third-order valence-corrected chi connectivity index (χ3v) is 4.36. The van der Waals surface area contributed by atoms with E-state index in [4.69, 9.17) is 0 Å². The van der Waals surface area contributed by atoms with Crippen LogP contribution in [0.1, 0.15) is 25.7 Å². The van der Waals surface area contributed by atoms with Gasteiger partial charge in [0.25, 0.3) is 0 Å². The summed E-state index contributed by atoms with van der Waals surface area (Å²) < 4.78 is 26.3. The number of carbonyl (C=O) groups is 2. The van der Waals surface area contributed by atoms with Gasteiger partial charge in [-0.3, -0.25) is 9.69 Å². The number of nitrogens with one attached hydrogen (secondary N) is 1. The zero-order valence-corrected chi connectivity index (χ0v) is 12.7. The number of amides is 3. The van der Waals surface area contributed by atoms with Crippen LogP contribution in [0.2, 0.25) is 0 Å². The molecule has 124 valence electrons. The van der Waals surface area contributed by atoms with Crippen molar-refractivity contribution >= 4 is 17.6 Å². The lowest BCUT2D eigenvalue weighted by Gasteiger charge is -2.19. The van der Waals surface area contributed by atoms with Crippen molar-refractivity contribution in [2.75, 3.05) is 24.5 Å². The van der Waals surface area contributed by atoms with E-state index in [1.165, 1.54) is 15.9 Å². The summed E-state index contributed by atoms with van der Waals surface area (Å²) in [5.41, 5.74) is 0.299. The Morgan fingerprint density at radius 2 is 1.91 bits per heavy atom. The molecule has 2 aliphatic rings. The molecule has 1 heterocycles. The van der Waals surface area contributed by atoms with Crippen LogP contribution in [-0.4, -0.2) is 42.5 Å². The number of rotatable bonds is 4. The molecule has 0 atom stereocenters. The summed E-state index contributed by atoms with van der Waals surface area (Å²) in [6.45, 7) is 0.728. The van der Waals surface area contributed by atoms with Crippen LogP contribution in [0.15, 0.2) is 18.2 Å². The molecule has 0 aromatic heterocycles. The number of urea groups is 1. The van der Waals surface area contributed by atoms with Crippen LogP contribution in [0, 0.1) is 11.6 Å². The van der Waals surface area contributed by atoms with Gasteiger partial charge in [-0.2, -0.15) is 0 Å². The molecular formula is C16H19F2N3O2. The quantitative estimate of drug-likeness (QED) is 0.924. The summed E-state index contributed by atoms with van der Waals surface area (Å²) >= 11 is 0. The van der Waals surface area contributed by atoms with Gasteiger partial charge >= 0.3 is 6.03 Å². The van der Waals surface area contributed by atoms with Crippen LogP contribution in [0.3, 0.4) is 0 Å². The van der Waals surface area contributed by atoms with E-state index in [9.17, 15) is 18.4 Å². The lowest BCUT2D eigenvalue weighted by molar-refractivity contribution is -0.122. The highest BCUT2D eigenvalue weighted by Crippen LogP contribution is 2.22. The van der Waals surface area contributed by atoms with E-state index in [0.717, 1.165) is 37.8 Å². The zero-order chi connectivity index (χ0) is 16.4. The topological polar surface area (TPSA) is 52.7 Å². The van der Waals surface area contributed by atoms with E-state index >= 15 is 0 Å². The van der Waals surface area contributed by atoms with Crippen LogP contribution in [-0.2, 0) is 4.79 Å². The minimum atomic E-state index is -0.993. The van der Waals surface area contributed by atoms with E-state index in [2.05, 4.69) is 5.32 Å². The lowest BCUT2D eigenvalue weighted by Crippen LogP contribution is -2.42. The first-order valence-corrected chi connectivity index (χ1v) is 7.85. The van der Waals surface area contributed by atoms with Crippen molar-refractivity contribution in [2.24, 2.45) is 0 Å². The van der Waals surface area contributed by atoms with E-state index in [0.29, 0.717) is 18.8 Å². The number of anilines is 1. The standard InChI is InChI=1S/C16H19F2N3O2/c17-13-6-5-12(9-14(13)18)21-8-7-20(16(21)23)10-15(22)19-11-3-1-2-4-11/h5-6,9,11H,1-4,7-8,10H2,(H,19,22). The van der Waals surface area contributed by atoms with Crippen LogP contribution in [0.5, 0.6) is 0 Å². The van der Waals surface area contributed by atoms with Crippen molar-refractivity contribution in [1.82, 2.24) is 10.2 Å². The Kier molecular flexibility index (Phi) is 4.45. The molecule has 7 heteroatoms. The Bertz CT molecular complexity index is 617. The molecule has 2 fully saturated rings. The summed E-state index contributed by atoms with van der Waals surface area (Å²) in [5.74, 6) is -2.11. The molecule has 1 aliphatic heterocycles. The molecule has 3 rings (SSSR count). The summed E-state index contributed by atoms with van der Waals surface area (Å²) in [7, 11) is 0. The molecule has 0 spiro atoms. The Balaban J connectivity index is 1.59. The van der Waals surface area contributed by atoms with E-state index < -0.39 is 11.6 Å². The van der Waals surface area contributed by atoms with Gasteiger partial charge in [-0.05, 0) is 25.0 Å². The molecule has 1 N–H and O–H groups in total. The molecule has 0 unspecified atom stereocenters. The van der Waals surface area contributed by atoms with Gasteiger partial charge < -0.3 is 10.2 Å². The highest BCUT2D eigenvalue weighted by Gasteiger charge is 2.31. The predicted octanol–water partition coefficient (Wildman–Crippen LogP) is 2.27. The number of hydrogen-bond donors (Lipinski definition) is 1. The van der Waals surface area contributed by atoms with Gasteiger partial charge in [0.15, 0.2) is 11.6 Å². The molecule has 3 amide bonds. The smallest absolute Gasteiger partial charge is 0.325 e. The van der Waals surface area contributed by atoms with Gasteiger partial charge in [0.05, 0.1) is 0 Å². The Labute approximate surface area is 133 Å². The maximum atomic E-state index is 13.3. The molecule has 1 aliphatic carbocycles. The lowest BCUT2D eigenvalue weighted by atomic mass is 10.2. The highest BCUT2D eigenvalue weighted by molar-refractivity contribution is 5.96. The molecule has 5 nitrogen and oxygen atoms in total. The number of carbonyl (C=O) groups excluding carboxylic acids is 2. The molecule has 23 heavy (non-hydrogen) atoms. The number of hydrogen-bond acceptors (Lipinski definition) is 2. The van der Waals surface area contributed by atoms with Gasteiger partial charge in [-0.25, -0.2) is 13.6 Å². The highest BCUT2D eigenvalue weighted by atomic mass is 19.2. The van der Waals surface area contributed by atoms with Gasteiger partial charge in [-0.1, -0.05) is 12.8 Å². The second-order valence-electron chi connectivity index (χ2n) is 6.00. The molecule has 1 saturated carbocycles. The number of nitrogens with zero attached hydrogens (tertiary/aromatic N) is 2. The molecule has 1 aromatic rings. The second kappa shape index (κ2) is 6.52. The fourth-order valence-corrected chi connectivity index (χ4v) is 3.14. The average molecular weight is 323 g/mol. The molecule has 0 radical (unpaired) electrons. The number of benzene rings is 1.